The van der Waals surface area contributed by atoms with Gasteiger partial charge >= 0.3 is 35.8 Å². The maximum atomic E-state index is 9.60. The summed E-state index contributed by atoms with van der Waals surface area (Å²) < 4.78 is 14.8. The SMILES string of the molecule is C=C(C)C(=O)O.C=C(C)C(=O)O.C=C(C)C(=O)O.C=C(C)C(=O)O.C=C(C)C(=O)O.C=C(C)C(=O)O.CCC(OC)(OC)OC. The fraction of sp³-hybridized carbons (Fsp3) is 0.400. The molecule has 0 aromatic rings. The lowest BCUT2D eigenvalue weighted by Crippen LogP contribution is -2.34. The van der Waals surface area contributed by atoms with E-state index in [2.05, 4.69) is 39.5 Å². The van der Waals surface area contributed by atoms with E-state index >= 15 is 0 Å². The van der Waals surface area contributed by atoms with Gasteiger partial charge in [-0.25, -0.2) is 28.8 Å². The fourth-order valence-electron chi connectivity index (χ4n) is 0.683. The first-order chi connectivity index (χ1) is 20.1. The highest BCUT2D eigenvalue weighted by molar-refractivity contribution is 5.86. The number of carbonyl (C=O) groups is 6. The molecule has 45 heavy (non-hydrogen) atoms. The van der Waals surface area contributed by atoms with Gasteiger partial charge in [-0.1, -0.05) is 46.4 Å². The Balaban J connectivity index is -0.0000000754. The summed E-state index contributed by atoms with van der Waals surface area (Å²) in [5, 5.41) is 47.3. The van der Waals surface area contributed by atoms with Gasteiger partial charge in [0.15, 0.2) is 0 Å². The van der Waals surface area contributed by atoms with Gasteiger partial charge in [-0.05, 0) is 41.5 Å². The molecule has 0 atom stereocenters. The minimum Gasteiger partial charge on any atom is -0.478 e. The lowest BCUT2D eigenvalue weighted by atomic mass is 10.4. The van der Waals surface area contributed by atoms with Gasteiger partial charge in [0, 0.05) is 61.2 Å². The zero-order chi connectivity index (χ0) is 38.3. The summed E-state index contributed by atoms with van der Waals surface area (Å²) >= 11 is 0. The normalized spacial score (nSPS) is 8.40. The molecule has 0 saturated heterocycles. The van der Waals surface area contributed by atoms with Gasteiger partial charge in [0.25, 0.3) is 5.97 Å². The molecule has 260 valence electrons. The molecule has 0 amide bonds. The zero-order valence-corrected chi connectivity index (χ0v) is 27.8. The van der Waals surface area contributed by atoms with E-state index in [1.54, 1.807) is 21.3 Å². The highest BCUT2D eigenvalue weighted by atomic mass is 16.9. The van der Waals surface area contributed by atoms with E-state index in [0.29, 0.717) is 6.42 Å². The van der Waals surface area contributed by atoms with Gasteiger partial charge in [0.1, 0.15) is 0 Å². The molecule has 0 unspecified atom stereocenters. The molecule has 0 spiro atoms. The fourth-order valence-corrected chi connectivity index (χ4v) is 0.683. The van der Waals surface area contributed by atoms with Crippen LogP contribution >= 0.6 is 0 Å². The first-order valence-electron chi connectivity index (χ1n) is 12.1. The van der Waals surface area contributed by atoms with Crippen molar-refractivity contribution in [3.63, 3.8) is 0 Å². The van der Waals surface area contributed by atoms with Crippen LogP contribution in [0.25, 0.3) is 0 Å². The first kappa shape index (κ1) is 56.0. The topological polar surface area (TPSA) is 251 Å². The summed E-state index contributed by atoms with van der Waals surface area (Å²) in [6.45, 7) is 29.5. The number of rotatable bonds is 10. The number of carboxylic acid groups (broad SMARTS) is 6. The summed E-state index contributed by atoms with van der Waals surface area (Å²) in [6.07, 6.45) is 0.677. The summed E-state index contributed by atoms with van der Waals surface area (Å²) in [4.78, 5) is 57.6. The number of hydrogen-bond acceptors (Lipinski definition) is 9. The van der Waals surface area contributed by atoms with Gasteiger partial charge in [-0.15, -0.1) is 0 Å². The molecule has 15 nitrogen and oxygen atoms in total. The Labute approximate surface area is 264 Å². The van der Waals surface area contributed by atoms with E-state index in [9.17, 15) is 28.8 Å². The molecule has 15 heteroatoms. The Morgan fingerprint density at radius 1 is 0.422 bits per heavy atom. The summed E-state index contributed by atoms with van der Waals surface area (Å²) in [7, 11) is 4.66. The minimum atomic E-state index is -0.935. The van der Waals surface area contributed by atoms with E-state index in [0.717, 1.165) is 0 Å². The predicted molar refractivity (Wildman–Crippen MR) is 169 cm³/mol. The first-order valence-corrected chi connectivity index (χ1v) is 12.1. The molecular formula is C30H50O15. The molecule has 0 rings (SSSR count). The molecule has 0 bridgehead atoms. The lowest BCUT2D eigenvalue weighted by molar-refractivity contribution is -0.352. The number of carboxylic acids is 6. The van der Waals surface area contributed by atoms with Crippen LogP contribution in [0.4, 0.5) is 0 Å². The predicted octanol–water partition coefficient (Wildman–Crippen LogP) is 4.87. The van der Waals surface area contributed by atoms with Crippen LogP contribution in [-0.2, 0) is 43.0 Å². The molecule has 0 aliphatic carbocycles. The third kappa shape index (κ3) is 55.7. The average molecular weight is 651 g/mol. The third-order valence-corrected chi connectivity index (χ3v) is 3.56. The van der Waals surface area contributed by atoms with Crippen LogP contribution in [-0.4, -0.2) is 93.8 Å². The number of ether oxygens (including phenoxy) is 3. The molecule has 0 aliphatic heterocycles. The van der Waals surface area contributed by atoms with Crippen LogP contribution in [0.2, 0.25) is 0 Å². The van der Waals surface area contributed by atoms with E-state index in [4.69, 9.17) is 44.8 Å². The van der Waals surface area contributed by atoms with Gasteiger partial charge in [-0.2, -0.15) is 0 Å². The molecule has 0 fully saturated rings. The Morgan fingerprint density at radius 3 is 0.511 bits per heavy atom. The Kier molecular flexibility index (Phi) is 41.9. The van der Waals surface area contributed by atoms with Gasteiger partial charge < -0.3 is 44.8 Å². The van der Waals surface area contributed by atoms with E-state index in [1.165, 1.54) is 41.5 Å². The van der Waals surface area contributed by atoms with Crippen molar-refractivity contribution in [2.75, 3.05) is 21.3 Å². The van der Waals surface area contributed by atoms with Crippen LogP contribution in [0.5, 0.6) is 0 Å². The molecule has 0 aromatic carbocycles. The second kappa shape index (κ2) is 33.6. The van der Waals surface area contributed by atoms with E-state index in [-0.39, 0.29) is 33.4 Å². The highest BCUT2D eigenvalue weighted by Crippen LogP contribution is 2.15. The summed E-state index contributed by atoms with van der Waals surface area (Å²) in [5.74, 6) is -6.44. The van der Waals surface area contributed by atoms with Crippen molar-refractivity contribution < 1.29 is 73.6 Å². The van der Waals surface area contributed by atoms with Crippen molar-refractivity contribution in [1.82, 2.24) is 0 Å². The van der Waals surface area contributed by atoms with Crippen LogP contribution in [0.15, 0.2) is 72.9 Å². The van der Waals surface area contributed by atoms with Crippen LogP contribution in [0.1, 0.15) is 54.9 Å². The van der Waals surface area contributed by atoms with Crippen LogP contribution in [0.3, 0.4) is 0 Å². The van der Waals surface area contributed by atoms with Gasteiger partial charge in [0.2, 0.25) is 0 Å². The van der Waals surface area contributed by atoms with Gasteiger partial charge in [0.05, 0.1) is 0 Å². The Hall–Kier alpha value is -4.86. The molecule has 0 radical (unpaired) electrons. The van der Waals surface area contributed by atoms with E-state index < -0.39 is 41.8 Å². The molecular weight excluding hydrogens is 600 g/mol. The van der Waals surface area contributed by atoms with Crippen LogP contribution < -0.4 is 0 Å². The molecule has 0 aromatic heterocycles. The van der Waals surface area contributed by atoms with Gasteiger partial charge in [-0.3, -0.25) is 0 Å². The summed E-state index contributed by atoms with van der Waals surface area (Å²) in [5.41, 5.74) is 1.06. The molecule has 6 N–H and O–H groups in total. The standard InChI is InChI=1S/C6H14O3.6C4H6O2/c1-5-6(7-2,8-3)9-4;6*1-3(2)4(5)6/h5H2,1-4H3;6*1H2,2H3,(H,5,6). The van der Waals surface area contributed by atoms with Crippen molar-refractivity contribution in [3.8, 4) is 0 Å². The molecule has 0 heterocycles. The maximum absolute atomic E-state index is 9.60. The monoisotopic (exact) mass is 650 g/mol. The quantitative estimate of drug-likeness (QED) is 0.136. The number of methoxy groups -OCH3 is 3. The van der Waals surface area contributed by atoms with Crippen molar-refractivity contribution in [2.24, 2.45) is 0 Å². The van der Waals surface area contributed by atoms with Crippen LogP contribution in [0, 0.1) is 0 Å². The number of aliphatic carboxylic acids is 6. The third-order valence-electron chi connectivity index (χ3n) is 3.56. The highest BCUT2D eigenvalue weighted by Gasteiger charge is 2.25. The second-order valence-electron chi connectivity index (χ2n) is 8.16. The Bertz CT molecular complexity index is 754. The van der Waals surface area contributed by atoms with Crippen molar-refractivity contribution in [2.45, 2.75) is 60.9 Å². The number of hydrogen-bond donors (Lipinski definition) is 6. The average Bonchev–Trinajstić information content (AvgIpc) is 2.92. The summed E-state index contributed by atoms with van der Waals surface area (Å²) in [6, 6.07) is 0. The lowest BCUT2D eigenvalue weighted by Gasteiger charge is -2.26. The van der Waals surface area contributed by atoms with Crippen molar-refractivity contribution in [3.05, 3.63) is 72.9 Å². The molecule has 0 saturated carbocycles. The second-order valence-corrected chi connectivity index (χ2v) is 8.16. The maximum Gasteiger partial charge on any atom is 0.330 e. The molecule has 0 aliphatic rings. The van der Waals surface area contributed by atoms with Crippen molar-refractivity contribution in [1.29, 1.82) is 0 Å². The smallest absolute Gasteiger partial charge is 0.330 e. The Morgan fingerprint density at radius 2 is 0.511 bits per heavy atom. The van der Waals surface area contributed by atoms with E-state index in [1.807, 2.05) is 6.92 Å². The largest absolute Gasteiger partial charge is 0.478 e. The van der Waals surface area contributed by atoms with Crippen molar-refractivity contribution >= 4 is 35.8 Å². The zero-order valence-electron chi connectivity index (χ0n) is 27.8. The minimum absolute atomic E-state index is 0.176.